The van der Waals surface area contributed by atoms with Gasteiger partial charge in [0.05, 0.1) is 18.2 Å². The maximum absolute atomic E-state index is 13.9. The predicted molar refractivity (Wildman–Crippen MR) is 177 cm³/mol. The van der Waals surface area contributed by atoms with E-state index in [4.69, 9.17) is 4.74 Å². The Morgan fingerprint density at radius 2 is 1.51 bits per heavy atom. The van der Waals surface area contributed by atoms with Gasteiger partial charge in [0, 0.05) is 21.5 Å². The second-order valence-corrected chi connectivity index (χ2v) is 12.0. The molecule has 1 unspecified atom stereocenters. The molecule has 45 heavy (non-hydrogen) atoms. The molecule has 3 N–H and O–H groups in total. The van der Waals surface area contributed by atoms with Crippen molar-refractivity contribution in [3.8, 4) is 11.1 Å². The summed E-state index contributed by atoms with van der Waals surface area (Å²) in [6.07, 6.45) is 0. The van der Waals surface area contributed by atoms with Gasteiger partial charge in [0.1, 0.15) is 15.8 Å². The number of hydrogen-bond donors (Lipinski definition) is 3. The van der Waals surface area contributed by atoms with Crippen LogP contribution in [-0.2, 0) is 9.53 Å². The van der Waals surface area contributed by atoms with Crippen molar-refractivity contribution >= 4 is 57.5 Å². The number of rotatable bonds is 10. The fourth-order valence-electron chi connectivity index (χ4n) is 4.63. The third kappa shape index (κ3) is 7.31. The lowest BCUT2D eigenvalue weighted by molar-refractivity contribution is -0.115. The Labute approximate surface area is 268 Å². The Balaban J connectivity index is 1.42. The number of amides is 2. The normalized spacial score (nSPS) is 11.3. The van der Waals surface area contributed by atoms with Crippen LogP contribution >= 0.6 is 23.1 Å². The van der Waals surface area contributed by atoms with Crippen LogP contribution in [0.15, 0.2) is 113 Å². The summed E-state index contributed by atoms with van der Waals surface area (Å²) in [5, 5.41) is 16.7. The average Bonchev–Trinajstić information content (AvgIpc) is 3.47. The summed E-state index contributed by atoms with van der Waals surface area (Å²) in [5.74, 6) is -2.67. The fraction of sp³-hybridized carbons (Fsp3) is 0.0857. The van der Waals surface area contributed by atoms with Crippen LogP contribution in [-0.4, -0.2) is 36.0 Å². The standard InChI is InChI=1S/C35H28N2O6S2/c1-21-15-17-22(18-16-21)28-20-44-33(29(28)35(42)43-2)37-32(39)30(23-9-4-3-5-10-23)45-25-12-8-11-24(19-25)36-31(38)26-13-6-7-14-27(26)34(40)41/h3-20,30H,1-2H3,(H,36,38)(H,37,39)(H,40,41). The van der Waals surface area contributed by atoms with E-state index >= 15 is 0 Å². The minimum Gasteiger partial charge on any atom is -0.478 e. The highest BCUT2D eigenvalue weighted by Gasteiger charge is 2.27. The molecule has 5 aromatic rings. The monoisotopic (exact) mass is 636 g/mol. The number of esters is 1. The fourth-order valence-corrected chi connectivity index (χ4v) is 6.67. The Bertz CT molecular complexity index is 1870. The van der Waals surface area contributed by atoms with Gasteiger partial charge in [-0.25, -0.2) is 9.59 Å². The van der Waals surface area contributed by atoms with E-state index < -0.39 is 23.1 Å². The summed E-state index contributed by atoms with van der Waals surface area (Å²) in [6.45, 7) is 1.98. The van der Waals surface area contributed by atoms with Gasteiger partial charge in [-0.1, -0.05) is 78.4 Å². The van der Waals surface area contributed by atoms with Crippen LogP contribution in [0.25, 0.3) is 11.1 Å². The molecule has 0 fully saturated rings. The molecule has 10 heteroatoms. The molecule has 1 heterocycles. The number of thiophene rings is 1. The number of carboxylic acids is 1. The van der Waals surface area contributed by atoms with Crippen LogP contribution in [0.5, 0.6) is 0 Å². The molecular weight excluding hydrogens is 609 g/mol. The third-order valence-corrected chi connectivity index (χ3v) is 9.01. The van der Waals surface area contributed by atoms with Gasteiger partial charge in [0.25, 0.3) is 5.91 Å². The van der Waals surface area contributed by atoms with Gasteiger partial charge in [-0.15, -0.1) is 23.1 Å². The zero-order valence-corrected chi connectivity index (χ0v) is 25.9. The molecule has 1 aromatic heterocycles. The largest absolute Gasteiger partial charge is 0.478 e. The Morgan fingerprint density at radius 3 is 2.20 bits per heavy atom. The van der Waals surface area contributed by atoms with E-state index in [1.54, 1.807) is 30.3 Å². The maximum atomic E-state index is 13.9. The molecule has 1 atom stereocenters. The quantitative estimate of drug-likeness (QED) is 0.105. The van der Waals surface area contributed by atoms with E-state index in [-0.39, 0.29) is 22.6 Å². The molecule has 0 bridgehead atoms. The SMILES string of the molecule is COC(=O)c1c(-c2ccc(C)cc2)csc1NC(=O)C(Sc1cccc(NC(=O)c2ccccc2C(=O)O)c1)c1ccccc1. The molecular formula is C35H28N2O6S2. The zero-order valence-electron chi connectivity index (χ0n) is 24.3. The summed E-state index contributed by atoms with van der Waals surface area (Å²) in [4.78, 5) is 52.1. The number of carbonyl (C=O) groups is 4. The van der Waals surface area contributed by atoms with Crippen molar-refractivity contribution in [3.05, 3.63) is 136 Å². The minimum absolute atomic E-state index is 0.0342. The lowest BCUT2D eigenvalue weighted by Gasteiger charge is -2.18. The molecule has 0 aliphatic rings. The van der Waals surface area contributed by atoms with Gasteiger partial charge in [-0.05, 0) is 48.4 Å². The lowest BCUT2D eigenvalue weighted by Crippen LogP contribution is -2.20. The number of aryl methyl sites for hydroxylation is 1. The molecule has 2 amide bonds. The zero-order chi connectivity index (χ0) is 31.9. The first-order valence-corrected chi connectivity index (χ1v) is 15.5. The van der Waals surface area contributed by atoms with Crippen LogP contribution in [0, 0.1) is 6.92 Å². The second-order valence-electron chi connectivity index (χ2n) is 9.94. The second kappa shape index (κ2) is 14.1. The Kier molecular flexibility index (Phi) is 9.76. The number of anilines is 2. The molecule has 0 saturated heterocycles. The molecule has 226 valence electrons. The number of ether oxygens (including phenoxy) is 1. The van der Waals surface area contributed by atoms with Crippen molar-refractivity contribution in [2.24, 2.45) is 0 Å². The molecule has 4 aromatic carbocycles. The molecule has 0 aliphatic carbocycles. The number of aromatic carboxylic acids is 1. The van der Waals surface area contributed by atoms with Gasteiger partial charge < -0.3 is 20.5 Å². The molecule has 5 rings (SSSR count). The number of carbonyl (C=O) groups excluding carboxylic acids is 3. The van der Waals surface area contributed by atoms with Crippen LogP contribution in [0.1, 0.15) is 47.5 Å². The van der Waals surface area contributed by atoms with Gasteiger partial charge in [0.2, 0.25) is 5.91 Å². The van der Waals surface area contributed by atoms with Crippen molar-refractivity contribution in [2.45, 2.75) is 17.1 Å². The number of hydrogen-bond acceptors (Lipinski definition) is 7. The van der Waals surface area contributed by atoms with Gasteiger partial charge >= 0.3 is 11.9 Å². The first-order valence-electron chi connectivity index (χ1n) is 13.8. The molecule has 0 radical (unpaired) electrons. The van der Waals surface area contributed by atoms with Crippen LogP contribution < -0.4 is 10.6 Å². The maximum Gasteiger partial charge on any atom is 0.341 e. The first-order chi connectivity index (χ1) is 21.7. The van der Waals surface area contributed by atoms with E-state index in [1.807, 2.05) is 73.0 Å². The van der Waals surface area contributed by atoms with Crippen LogP contribution in [0.3, 0.4) is 0 Å². The van der Waals surface area contributed by atoms with Crippen molar-refractivity contribution in [3.63, 3.8) is 0 Å². The van der Waals surface area contributed by atoms with E-state index in [1.165, 1.54) is 42.3 Å². The molecule has 0 spiro atoms. The van der Waals surface area contributed by atoms with E-state index in [2.05, 4.69) is 10.6 Å². The van der Waals surface area contributed by atoms with E-state index in [0.29, 0.717) is 21.1 Å². The number of carboxylic acid groups (broad SMARTS) is 1. The highest BCUT2D eigenvalue weighted by molar-refractivity contribution is 8.00. The van der Waals surface area contributed by atoms with Gasteiger partial charge in [0.15, 0.2) is 0 Å². The summed E-state index contributed by atoms with van der Waals surface area (Å²) >= 11 is 2.52. The summed E-state index contributed by atoms with van der Waals surface area (Å²) in [7, 11) is 1.30. The summed E-state index contributed by atoms with van der Waals surface area (Å²) in [5.41, 5.74) is 3.96. The lowest BCUT2D eigenvalue weighted by atomic mass is 10.0. The van der Waals surface area contributed by atoms with Gasteiger partial charge in [-0.2, -0.15) is 0 Å². The van der Waals surface area contributed by atoms with E-state index in [9.17, 15) is 24.3 Å². The topological polar surface area (TPSA) is 122 Å². The van der Waals surface area contributed by atoms with Crippen molar-refractivity contribution in [1.29, 1.82) is 0 Å². The average molecular weight is 637 g/mol. The first kappa shape index (κ1) is 31.2. The molecule has 0 saturated carbocycles. The minimum atomic E-state index is -1.20. The highest BCUT2D eigenvalue weighted by atomic mass is 32.2. The summed E-state index contributed by atoms with van der Waals surface area (Å²) in [6, 6.07) is 29.9. The Hall–Kier alpha value is -5.19. The highest BCUT2D eigenvalue weighted by Crippen LogP contribution is 2.40. The van der Waals surface area contributed by atoms with Crippen LogP contribution in [0.2, 0.25) is 0 Å². The number of benzene rings is 4. The number of methoxy groups -OCH3 is 1. The number of thioether (sulfide) groups is 1. The van der Waals surface area contributed by atoms with Crippen LogP contribution in [0.4, 0.5) is 10.7 Å². The predicted octanol–water partition coefficient (Wildman–Crippen LogP) is 7.93. The smallest absolute Gasteiger partial charge is 0.341 e. The Morgan fingerprint density at radius 1 is 0.822 bits per heavy atom. The van der Waals surface area contributed by atoms with Gasteiger partial charge in [-0.3, -0.25) is 9.59 Å². The van der Waals surface area contributed by atoms with Crippen molar-refractivity contribution in [1.82, 2.24) is 0 Å². The van der Waals surface area contributed by atoms with Crippen molar-refractivity contribution < 1.29 is 29.0 Å². The summed E-state index contributed by atoms with van der Waals surface area (Å²) < 4.78 is 5.08. The van der Waals surface area contributed by atoms with E-state index in [0.717, 1.165) is 16.7 Å². The third-order valence-electron chi connectivity index (χ3n) is 6.87. The number of nitrogens with one attached hydrogen (secondary N) is 2. The van der Waals surface area contributed by atoms with Crippen molar-refractivity contribution in [2.75, 3.05) is 17.7 Å². The molecule has 0 aliphatic heterocycles. The molecule has 8 nitrogen and oxygen atoms in total.